The highest BCUT2D eigenvalue weighted by molar-refractivity contribution is 5.75. The number of allylic oxidation sites excluding steroid dienone is 2. The molecule has 0 aromatic heterocycles. The van der Waals surface area contributed by atoms with Gasteiger partial charge in [-0.25, -0.2) is 0 Å². The van der Waals surface area contributed by atoms with Gasteiger partial charge in [0.1, 0.15) is 6.23 Å². The zero-order chi connectivity index (χ0) is 17.2. The van der Waals surface area contributed by atoms with Gasteiger partial charge in [-0.05, 0) is 39.0 Å². The molecule has 0 aliphatic heterocycles. The first-order chi connectivity index (χ1) is 11.2. The molecule has 23 heavy (non-hydrogen) atoms. The summed E-state index contributed by atoms with van der Waals surface area (Å²) in [5.41, 5.74) is 0. The summed E-state index contributed by atoms with van der Waals surface area (Å²) in [5.74, 6) is -0.0439. The van der Waals surface area contributed by atoms with Crippen LogP contribution in [0.1, 0.15) is 104 Å². The van der Waals surface area contributed by atoms with Gasteiger partial charge in [0.25, 0.3) is 0 Å². The highest BCUT2D eigenvalue weighted by atomic mass is 16.3. The maximum absolute atomic E-state index is 11.3. The average molecular weight is 326 g/mol. The predicted molar refractivity (Wildman–Crippen MR) is 99.3 cm³/mol. The van der Waals surface area contributed by atoms with Crippen LogP contribution < -0.4 is 5.32 Å². The number of carbonyl (C=O) groups is 1. The highest BCUT2D eigenvalue weighted by Gasteiger charge is 2.02. The van der Waals surface area contributed by atoms with Crippen molar-refractivity contribution < 1.29 is 9.90 Å². The Bertz CT molecular complexity index is 287. The summed E-state index contributed by atoms with van der Waals surface area (Å²) < 4.78 is 0. The topological polar surface area (TPSA) is 49.3 Å². The minimum absolute atomic E-state index is 0.0439. The van der Waals surface area contributed by atoms with Gasteiger partial charge in [-0.3, -0.25) is 4.79 Å². The molecule has 0 rings (SSSR count). The van der Waals surface area contributed by atoms with Gasteiger partial charge in [0.15, 0.2) is 0 Å². The van der Waals surface area contributed by atoms with Crippen molar-refractivity contribution in [2.45, 2.75) is 110 Å². The third kappa shape index (κ3) is 19.1. The molecule has 0 aromatic carbocycles. The van der Waals surface area contributed by atoms with E-state index < -0.39 is 6.23 Å². The van der Waals surface area contributed by atoms with E-state index in [0.29, 0.717) is 6.42 Å². The second-order valence-electron chi connectivity index (χ2n) is 6.58. The standard InChI is InChI=1S/C20H39NO2/c1-3-4-5-6-7-8-9-10-11-12-13-14-15-16-17-18-20(23)21-19(2)22/h10-11,19,22H,3-9,12-18H2,1-2H3,(H,21,23)/b11-10-. The lowest BCUT2D eigenvalue weighted by molar-refractivity contribution is -0.123. The van der Waals surface area contributed by atoms with Crippen LogP contribution in [0.25, 0.3) is 0 Å². The summed E-state index contributed by atoms with van der Waals surface area (Å²) in [7, 11) is 0. The molecule has 3 heteroatoms. The number of hydrogen-bond donors (Lipinski definition) is 2. The van der Waals surface area contributed by atoms with Gasteiger partial charge in [-0.1, -0.05) is 70.4 Å². The van der Waals surface area contributed by atoms with Crippen molar-refractivity contribution in [1.82, 2.24) is 5.32 Å². The number of aliphatic hydroxyl groups excluding tert-OH is 1. The van der Waals surface area contributed by atoms with Gasteiger partial charge in [-0.2, -0.15) is 0 Å². The van der Waals surface area contributed by atoms with Gasteiger partial charge >= 0.3 is 0 Å². The van der Waals surface area contributed by atoms with Crippen LogP contribution in [-0.2, 0) is 4.79 Å². The molecule has 0 saturated carbocycles. The SMILES string of the molecule is CCCCCCCC/C=C\CCCCCCCC(=O)NC(C)O. The zero-order valence-electron chi connectivity index (χ0n) is 15.5. The van der Waals surface area contributed by atoms with Crippen molar-refractivity contribution in [1.29, 1.82) is 0 Å². The van der Waals surface area contributed by atoms with Crippen LogP contribution in [0, 0.1) is 0 Å². The molecule has 1 unspecified atom stereocenters. The van der Waals surface area contributed by atoms with E-state index in [4.69, 9.17) is 5.11 Å². The Kier molecular flexibility index (Phi) is 16.9. The fourth-order valence-electron chi connectivity index (χ4n) is 2.66. The lowest BCUT2D eigenvalue weighted by Gasteiger charge is -2.06. The Morgan fingerprint density at radius 1 is 0.870 bits per heavy atom. The number of unbranched alkanes of at least 4 members (excludes halogenated alkanes) is 11. The summed E-state index contributed by atoms with van der Waals surface area (Å²) >= 11 is 0. The van der Waals surface area contributed by atoms with E-state index in [2.05, 4.69) is 24.4 Å². The van der Waals surface area contributed by atoms with E-state index in [1.807, 2.05) is 0 Å². The zero-order valence-corrected chi connectivity index (χ0v) is 15.5. The fraction of sp³-hybridized carbons (Fsp3) is 0.850. The number of rotatable bonds is 16. The van der Waals surface area contributed by atoms with E-state index in [1.54, 1.807) is 6.92 Å². The third-order valence-electron chi connectivity index (χ3n) is 4.04. The van der Waals surface area contributed by atoms with Gasteiger partial charge in [0, 0.05) is 6.42 Å². The maximum atomic E-state index is 11.3. The Balaban J connectivity index is 3.18. The monoisotopic (exact) mass is 325 g/mol. The molecule has 1 amide bonds. The fourth-order valence-corrected chi connectivity index (χ4v) is 2.66. The van der Waals surface area contributed by atoms with Crippen LogP contribution in [-0.4, -0.2) is 17.2 Å². The Morgan fingerprint density at radius 3 is 1.87 bits per heavy atom. The summed E-state index contributed by atoms with van der Waals surface area (Å²) in [6.45, 7) is 3.83. The first kappa shape index (κ1) is 22.2. The van der Waals surface area contributed by atoms with Gasteiger partial charge in [-0.15, -0.1) is 0 Å². The Morgan fingerprint density at radius 2 is 1.35 bits per heavy atom. The first-order valence-electron chi connectivity index (χ1n) is 9.79. The first-order valence-corrected chi connectivity index (χ1v) is 9.79. The second kappa shape index (κ2) is 17.5. The van der Waals surface area contributed by atoms with Crippen LogP contribution in [0.4, 0.5) is 0 Å². The molecule has 0 fully saturated rings. The third-order valence-corrected chi connectivity index (χ3v) is 4.04. The molecule has 136 valence electrons. The lowest BCUT2D eigenvalue weighted by atomic mass is 10.1. The van der Waals surface area contributed by atoms with Gasteiger partial charge in [0.2, 0.25) is 5.91 Å². The molecule has 0 bridgehead atoms. The summed E-state index contributed by atoms with van der Waals surface area (Å²) in [4.78, 5) is 11.3. The molecular weight excluding hydrogens is 286 g/mol. The lowest BCUT2D eigenvalue weighted by Crippen LogP contribution is -2.31. The Hall–Kier alpha value is -0.830. The molecule has 1 atom stereocenters. The van der Waals surface area contributed by atoms with Crippen LogP contribution in [0.5, 0.6) is 0 Å². The molecule has 0 spiro atoms. The quantitative estimate of drug-likeness (QED) is 0.224. The van der Waals surface area contributed by atoms with Crippen molar-refractivity contribution in [3.8, 4) is 0 Å². The van der Waals surface area contributed by atoms with Crippen molar-refractivity contribution in [3.63, 3.8) is 0 Å². The van der Waals surface area contributed by atoms with Crippen LogP contribution in [0.2, 0.25) is 0 Å². The molecule has 0 aliphatic rings. The number of amides is 1. The number of aliphatic hydroxyl groups is 1. The number of carbonyl (C=O) groups excluding carboxylic acids is 1. The van der Waals surface area contributed by atoms with Gasteiger partial charge in [0.05, 0.1) is 0 Å². The summed E-state index contributed by atoms with van der Waals surface area (Å²) in [6, 6.07) is 0. The summed E-state index contributed by atoms with van der Waals surface area (Å²) in [6.07, 6.45) is 20.9. The van der Waals surface area contributed by atoms with E-state index >= 15 is 0 Å². The van der Waals surface area contributed by atoms with Crippen molar-refractivity contribution in [3.05, 3.63) is 12.2 Å². The predicted octanol–water partition coefficient (Wildman–Crippen LogP) is 5.48. The minimum Gasteiger partial charge on any atom is -0.374 e. The molecule has 3 nitrogen and oxygen atoms in total. The van der Waals surface area contributed by atoms with Crippen LogP contribution >= 0.6 is 0 Å². The Labute approximate surface area is 143 Å². The second-order valence-corrected chi connectivity index (χ2v) is 6.58. The van der Waals surface area contributed by atoms with Crippen molar-refractivity contribution >= 4 is 5.91 Å². The molecule has 0 aliphatic carbocycles. The largest absolute Gasteiger partial charge is 0.374 e. The molecular formula is C20H39NO2. The van der Waals surface area contributed by atoms with Gasteiger partial charge < -0.3 is 10.4 Å². The maximum Gasteiger partial charge on any atom is 0.221 e. The molecule has 0 heterocycles. The van der Waals surface area contributed by atoms with E-state index in [1.165, 1.54) is 70.6 Å². The summed E-state index contributed by atoms with van der Waals surface area (Å²) in [5, 5.41) is 11.5. The minimum atomic E-state index is -0.731. The smallest absolute Gasteiger partial charge is 0.221 e. The number of hydrogen-bond acceptors (Lipinski definition) is 2. The van der Waals surface area contributed by atoms with Crippen molar-refractivity contribution in [2.75, 3.05) is 0 Å². The molecule has 2 N–H and O–H groups in total. The molecule has 0 saturated heterocycles. The number of nitrogens with one attached hydrogen (secondary N) is 1. The normalized spacial score (nSPS) is 12.7. The van der Waals surface area contributed by atoms with E-state index in [9.17, 15) is 4.79 Å². The van der Waals surface area contributed by atoms with E-state index in [0.717, 1.165) is 12.8 Å². The molecule has 0 aromatic rings. The van der Waals surface area contributed by atoms with Crippen LogP contribution in [0.3, 0.4) is 0 Å². The van der Waals surface area contributed by atoms with Crippen molar-refractivity contribution in [2.24, 2.45) is 0 Å². The highest BCUT2D eigenvalue weighted by Crippen LogP contribution is 2.09. The van der Waals surface area contributed by atoms with Crippen LogP contribution in [0.15, 0.2) is 12.2 Å². The van der Waals surface area contributed by atoms with E-state index in [-0.39, 0.29) is 5.91 Å². The average Bonchev–Trinajstić information content (AvgIpc) is 2.50. The molecule has 0 radical (unpaired) electrons.